The molecule has 1 saturated heterocycles. The van der Waals surface area contributed by atoms with Crippen LogP contribution in [0.1, 0.15) is 17.5 Å². The highest BCUT2D eigenvalue weighted by Crippen LogP contribution is 2.10. The number of furan rings is 1. The summed E-state index contributed by atoms with van der Waals surface area (Å²) in [6, 6.07) is 3.83. The lowest BCUT2D eigenvalue weighted by molar-refractivity contribution is 0.0560. The van der Waals surface area contributed by atoms with Gasteiger partial charge < -0.3 is 15.1 Å². The molecule has 5 heteroatoms. The summed E-state index contributed by atoms with van der Waals surface area (Å²) in [6.07, 6.45) is 1.53. The minimum absolute atomic E-state index is 0.0185. The molecule has 1 aromatic heterocycles. The summed E-state index contributed by atoms with van der Waals surface area (Å²) in [4.78, 5) is 16.1. The molecule has 1 aliphatic heterocycles. The molecule has 1 aromatic rings. The van der Waals surface area contributed by atoms with Crippen LogP contribution >= 0.6 is 0 Å². The summed E-state index contributed by atoms with van der Waals surface area (Å²) in [5.74, 6) is 0.403. The lowest BCUT2D eigenvalue weighted by atomic mass is 10.2. The summed E-state index contributed by atoms with van der Waals surface area (Å²) in [5.41, 5.74) is 5.64. The van der Waals surface area contributed by atoms with Crippen LogP contribution in [0.5, 0.6) is 0 Å². The van der Waals surface area contributed by atoms with Gasteiger partial charge >= 0.3 is 0 Å². The summed E-state index contributed by atoms with van der Waals surface area (Å²) in [5, 5.41) is 0. The van der Waals surface area contributed by atoms with Crippen LogP contribution in [0.15, 0.2) is 22.8 Å². The van der Waals surface area contributed by atoms with Gasteiger partial charge in [0.05, 0.1) is 6.26 Å². The van der Waals surface area contributed by atoms with Crippen LogP contribution in [0.2, 0.25) is 0 Å². The first-order chi connectivity index (χ1) is 8.22. The number of piperazine rings is 1. The number of carbonyl (C=O) groups is 1. The van der Waals surface area contributed by atoms with Crippen molar-refractivity contribution in [3.8, 4) is 0 Å². The number of amides is 1. The van der Waals surface area contributed by atoms with E-state index in [1.54, 1.807) is 12.1 Å². The second-order valence-electron chi connectivity index (χ2n) is 4.39. The third kappa shape index (κ3) is 2.68. The highest BCUT2D eigenvalue weighted by atomic mass is 16.3. The highest BCUT2D eigenvalue weighted by molar-refractivity contribution is 5.91. The molecule has 0 aromatic carbocycles. The molecule has 1 aliphatic rings. The maximum atomic E-state index is 12.0. The van der Waals surface area contributed by atoms with E-state index in [0.717, 1.165) is 26.2 Å². The summed E-state index contributed by atoms with van der Waals surface area (Å²) in [6.45, 7) is 6.01. The molecule has 94 valence electrons. The Hall–Kier alpha value is -1.33. The molecule has 0 bridgehead atoms. The molecule has 0 spiro atoms. The Morgan fingerprint density at radius 1 is 1.47 bits per heavy atom. The molecule has 1 unspecified atom stereocenters. The van der Waals surface area contributed by atoms with Crippen molar-refractivity contribution in [1.29, 1.82) is 0 Å². The second kappa shape index (κ2) is 5.33. The van der Waals surface area contributed by atoms with Crippen LogP contribution in [0, 0.1) is 0 Å². The molecule has 2 N–H and O–H groups in total. The Morgan fingerprint density at radius 2 is 2.18 bits per heavy atom. The van der Waals surface area contributed by atoms with Gasteiger partial charge in [-0.2, -0.15) is 0 Å². The Morgan fingerprint density at radius 3 is 2.71 bits per heavy atom. The molecule has 1 fully saturated rings. The van der Waals surface area contributed by atoms with Gasteiger partial charge in [0, 0.05) is 38.8 Å². The predicted molar refractivity (Wildman–Crippen MR) is 64.7 cm³/mol. The maximum absolute atomic E-state index is 12.0. The quantitative estimate of drug-likeness (QED) is 0.825. The summed E-state index contributed by atoms with van der Waals surface area (Å²) < 4.78 is 5.12. The first-order valence-corrected chi connectivity index (χ1v) is 5.99. The van der Waals surface area contributed by atoms with Crippen molar-refractivity contribution in [1.82, 2.24) is 9.80 Å². The predicted octanol–water partition coefficient (Wildman–Crippen LogP) is 0.385. The molecule has 2 rings (SSSR count). The minimum Gasteiger partial charge on any atom is -0.459 e. The fourth-order valence-corrected chi connectivity index (χ4v) is 2.07. The molecule has 0 radical (unpaired) electrons. The standard InChI is InChI=1S/C12H19N3O2/c1-10(9-13)14-4-6-15(7-5-14)12(16)11-3-2-8-17-11/h2-3,8,10H,4-7,9,13H2,1H3. The first kappa shape index (κ1) is 12.1. The minimum atomic E-state index is -0.0185. The smallest absolute Gasteiger partial charge is 0.289 e. The molecule has 17 heavy (non-hydrogen) atoms. The lowest BCUT2D eigenvalue weighted by Crippen LogP contribution is -2.52. The molecule has 0 aliphatic carbocycles. The Kier molecular flexibility index (Phi) is 3.81. The van der Waals surface area contributed by atoms with E-state index in [4.69, 9.17) is 10.2 Å². The van der Waals surface area contributed by atoms with Crippen molar-refractivity contribution in [2.24, 2.45) is 5.73 Å². The fraction of sp³-hybridized carbons (Fsp3) is 0.583. The molecule has 1 amide bonds. The van der Waals surface area contributed by atoms with Crippen molar-refractivity contribution in [3.63, 3.8) is 0 Å². The van der Waals surface area contributed by atoms with E-state index in [1.165, 1.54) is 6.26 Å². The third-order valence-corrected chi connectivity index (χ3v) is 3.30. The van der Waals surface area contributed by atoms with Crippen molar-refractivity contribution >= 4 is 5.91 Å². The van der Waals surface area contributed by atoms with Crippen molar-refractivity contribution < 1.29 is 9.21 Å². The average Bonchev–Trinajstić information content (AvgIpc) is 2.91. The van der Waals surface area contributed by atoms with E-state index in [9.17, 15) is 4.79 Å². The van der Waals surface area contributed by atoms with Crippen LogP contribution < -0.4 is 5.73 Å². The van der Waals surface area contributed by atoms with Gasteiger partial charge in [0.2, 0.25) is 0 Å². The number of hydrogen-bond donors (Lipinski definition) is 1. The lowest BCUT2D eigenvalue weighted by Gasteiger charge is -2.37. The van der Waals surface area contributed by atoms with Gasteiger partial charge in [0.1, 0.15) is 0 Å². The van der Waals surface area contributed by atoms with E-state index in [2.05, 4.69) is 11.8 Å². The van der Waals surface area contributed by atoms with E-state index in [0.29, 0.717) is 18.3 Å². The second-order valence-corrected chi connectivity index (χ2v) is 4.39. The normalized spacial score (nSPS) is 19.3. The topological polar surface area (TPSA) is 62.7 Å². The number of rotatable bonds is 3. The zero-order valence-corrected chi connectivity index (χ0v) is 10.1. The van der Waals surface area contributed by atoms with Crippen LogP contribution in [-0.4, -0.2) is 54.5 Å². The highest BCUT2D eigenvalue weighted by Gasteiger charge is 2.25. The zero-order chi connectivity index (χ0) is 12.3. The van der Waals surface area contributed by atoms with Gasteiger partial charge in [-0.3, -0.25) is 9.69 Å². The van der Waals surface area contributed by atoms with Crippen LogP contribution in [0.3, 0.4) is 0 Å². The van der Waals surface area contributed by atoms with Crippen molar-refractivity contribution in [3.05, 3.63) is 24.2 Å². The first-order valence-electron chi connectivity index (χ1n) is 5.99. The number of carbonyl (C=O) groups excluding carboxylic acids is 1. The van der Waals surface area contributed by atoms with Gasteiger partial charge in [0.25, 0.3) is 5.91 Å². The largest absolute Gasteiger partial charge is 0.459 e. The number of nitrogens with zero attached hydrogens (tertiary/aromatic N) is 2. The third-order valence-electron chi connectivity index (χ3n) is 3.30. The van der Waals surface area contributed by atoms with Crippen LogP contribution in [0.4, 0.5) is 0 Å². The fourth-order valence-electron chi connectivity index (χ4n) is 2.07. The molecule has 5 nitrogen and oxygen atoms in total. The molecular weight excluding hydrogens is 218 g/mol. The number of nitrogens with two attached hydrogens (primary N) is 1. The van der Waals surface area contributed by atoms with Gasteiger partial charge in [0.15, 0.2) is 5.76 Å². The average molecular weight is 237 g/mol. The molecular formula is C12H19N3O2. The van der Waals surface area contributed by atoms with E-state index < -0.39 is 0 Å². The van der Waals surface area contributed by atoms with Crippen LogP contribution in [-0.2, 0) is 0 Å². The van der Waals surface area contributed by atoms with E-state index in [-0.39, 0.29) is 5.91 Å². The monoisotopic (exact) mass is 237 g/mol. The molecule has 0 saturated carbocycles. The maximum Gasteiger partial charge on any atom is 0.289 e. The number of hydrogen-bond acceptors (Lipinski definition) is 4. The van der Waals surface area contributed by atoms with Crippen molar-refractivity contribution in [2.45, 2.75) is 13.0 Å². The van der Waals surface area contributed by atoms with Crippen molar-refractivity contribution in [2.75, 3.05) is 32.7 Å². The molecule has 2 heterocycles. The van der Waals surface area contributed by atoms with Crippen LogP contribution in [0.25, 0.3) is 0 Å². The summed E-state index contributed by atoms with van der Waals surface area (Å²) in [7, 11) is 0. The van der Waals surface area contributed by atoms with E-state index >= 15 is 0 Å². The van der Waals surface area contributed by atoms with Gasteiger partial charge in [-0.1, -0.05) is 0 Å². The van der Waals surface area contributed by atoms with E-state index in [1.807, 2.05) is 4.90 Å². The van der Waals surface area contributed by atoms with Gasteiger partial charge in [-0.05, 0) is 19.1 Å². The summed E-state index contributed by atoms with van der Waals surface area (Å²) >= 11 is 0. The zero-order valence-electron chi connectivity index (χ0n) is 10.1. The Balaban J connectivity index is 1.89. The van der Waals surface area contributed by atoms with Gasteiger partial charge in [-0.15, -0.1) is 0 Å². The Labute approximate surface area is 101 Å². The SMILES string of the molecule is CC(CN)N1CCN(C(=O)c2ccco2)CC1. The molecule has 1 atom stereocenters. The van der Waals surface area contributed by atoms with Gasteiger partial charge in [-0.25, -0.2) is 0 Å². The Bertz CT molecular complexity index is 356.